The average Bonchev–Trinajstić information content (AvgIpc) is 3.77. The van der Waals surface area contributed by atoms with Gasteiger partial charge in [0, 0.05) is 62.3 Å². The van der Waals surface area contributed by atoms with Crippen molar-refractivity contribution in [2.24, 2.45) is 0 Å². The van der Waals surface area contributed by atoms with Crippen molar-refractivity contribution in [2.75, 3.05) is 0 Å². The lowest BCUT2D eigenvalue weighted by atomic mass is 10.0. The van der Waals surface area contributed by atoms with Crippen LogP contribution < -0.4 is 0 Å². The van der Waals surface area contributed by atoms with Crippen LogP contribution in [0, 0.1) is 0 Å². The fourth-order valence-electron chi connectivity index (χ4n) is 7.18. The zero-order chi connectivity index (χ0) is 28.1. The van der Waals surface area contributed by atoms with Gasteiger partial charge in [0.25, 0.3) is 0 Å². The number of hydrogen-bond donors (Lipinski definition) is 0. The third-order valence-corrected chi connectivity index (χ3v) is 8.92. The summed E-state index contributed by atoms with van der Waals surface area (Å²) in [5.74, 6) is 0. The van der Waals surface area contributed by atoms with Crippen LogP contribution in [0.3, 0.4) is 0 Å². The quantitative estimate of drug-likeness (QED) is 0.202. The first kappa shape index (κ1) is 22.7. The molecule has 0 atom stereocenters. The zero-order valence-corrected chi connectivity index (χ0v) is 23.0. The van der Waals surface area contributed by atoms with Gasteiger partial charge >= 0.3 is 0 Å². The van der Waals surface area contributed by atoms with Gasteiger partial charge in [-0.2, -0.15) is 0 Å². The molecule has 10 rings (SSSR count). The van der Waals surface area contributed by atoms with Crippen LogP contribution in [0.1, 0.15) is 0 Å². The molecular formula is C38H23N5. The van der Waals surface area contributed by atoms with Crippen molar-refractivity contribution in [1.82, 2.24) is 23.5 Å². The molecule has 5 heteroatoms. The first-order valence-corrected chi connectivity index (χ1v) is 14.5. The van der Waals surface area contributed by atoms with Crippen molar-refractivity contribution >= 4 is 71.1 Å². The van der Waals surface area contributed by atoms with E-state index in [4.69, 9.17) is 4.98 Å². The Morgan fingerprint density at radius 3 is 1.93 bits per heavy atom. The smallest absolute Gasteiger partial charge is 0.163 e. The van der Waals surface area contributed by atoms with Gasteiger partial charge < -0.3 is 9.13 Å². The van der Waals surface area contributed by atoms with E-state index in [0.717, 1.165) is 33.4 Å². The molecule has 0 radical (unpaired) electrons. The molecule has 200 valence electrons. The molecule has 0 spiro atoms. The standard InChI is InChI=1S/C38H23N5/c1-3-10-24(11-4-1)42-31-16-8-7-14-26(31)29-22-34-30(23-33(29)42)27-17-18-32-35(37(27)43(34)25-12-5-2-6-13-25)28-15-9-19-39-36(28)38-40-20-21-41(32)38/h1-23H. The summed E-state index contributed by atoms with van der Waals surface area (Å²) >= 11 is 0. The van der Waals surface area contributed by atoms with Gasteiger partial charge in [0.05, 0.1) is 27.6 Å². The molecule has 0 saturated carbocycles. The molecule has 0 fully saturated rings. The summed E-state index contributed by atoms with van der Waals surface area (Å²) < 4.78 is 7.01. The Kier molecular flexibility index (Phi) is 4.39. The van der Waals surface area contributed by atoms with Crippen LogP contribution in [0.25, 0.3) is 82.4 Å². The Balaban J connectivity index is 1.48. The molecule has 43 heavy (non-hydrogen) atoms. The molecule has 0 aliphatic carbocycles. The Morgan fingerprint density at radius 1 is 0.442 bits per heavy atom. The monoisotopic (exact) mass is 549 g/mol. The molecule has 5 heterocycles. The Labute approximate surface area is 245 Å². The van der Waals surface area contributed by atoms with E-state index >= 15 is 0 Å². The van der Waals surface area contributed by atoms with Crippen LogP contribution in [0.4, 0.5) is 0 Å². The van der Waals surface area contributed by atoms with Gasteiger partial charge in [0.2, 0.25) is 0 Å². The van der Waals surface area contributed by atoms with Crippen LogP contribution in [-0.4, -0.2) is 23.5 Å². The van der Waals surface area contributed by atoms with Crippen molar-refractivity contribution in [2.45, 2.75) is 0 Å². The molecule has 5 nitrogen and oxygen atoms in total. The zero-order valence-electron chi connectivity index (χ0n) is 23.0. The van der Waals surface area contributed by atoms with E-state index in [0.29, 0.717) is 0 Å². The van der Waals surface area contributed by atoms with Gasteiger partial charge in [-0.1, -0.05) is 66.7 Å². The lowest BCUT2D eigenvalue weighted by Gasteiger charge is -2.13. The second-order valence-corrected chi connectivity index (χ2v) is 11.1. The van der Waals surface area contributed by atoms with E-state index in [1.807, 2.05) is 24.7 Å². The fraction of sp³-hybridized carbons (Fsp3) is 0. The average molecular weight is 550 g/mol. The van der Waals surface area contributed by atoms with E-state index in [2.05, 4.69) is 134 Å². The third-order valence-electron chi connectivity index (χ3n) is 8.92. The highest BCUT2D eigenvalue weighted by Gasteiger charge is 2.22. The molecular weight excluding hydrogens is 526 g/mol. The lowest BCUT2D eigenvalue weighted by Crippen LogP contribution is -1.97. The van der Waals surface area contributed by atoms with E-state index < -0.39 is 0 Å². The van der Waals surface area contributed by atoms with Crippen LogP contribution in [0.5, 0.6) is 0 Å². The maximum atomic E-state index is 4.81. The predicted molar refractivity (Wildman–Crippen MR) is 177 cm³/mol. The molecule has 0 saturated heterocycles. The van der Waals surface area contributed by atoms with Crippen LogP contribution in [0.15, 0.2) is 140 Å². The van der Waals surface area contributed by atoms with Crippen molar-refractivity contribution in [3.05, 3.63) is 140 Å². The molecule has 5 aromatic heterocycles. The molecule has 0 amide bonds. The maximum Gasteiger partial charge on any atom is 0.163 e. The Bertz CT molecular complexity index is 2710. The molecule has 0 N–H and O–H groups in total. The van der Waals surface area contributed by atoms with Gasteiger partial charge in [-0.3, -0.25) is 9.38 Å². The molecule has 0 unspecified atom stereocenters. The number of rotatable bonds is 2. The lowest BCUT2D eigenvalue weighted by molar-refractivity contribution is 1.18. The number of pyridine rings is 2. The summed E-state index contributed by atoms with van der Waals surface area (Å²) in [4.78, 5) is 9.50. The summed E-state index contributed by atoms with van der Waals surface area (Å²) in [6, 6.07) is 43.6. The van der Waals surface area contributed by atoms with Crippen LogP contribution in [0.2, 0.25) is 0 Å². The highest BCUT2D eigenvalue weighted by Crippen LogP contribution is 2.43. The number of benzene rings is 5. The van der Waals surface area contributed by atoms with Crippen molar-refractivity contribution < 1.29 is 0 Å². The number of aromatic nitrogens is 5. The minimum Gasteiger partial charge on any atom is -0.309 e. The van der Waals surface area contributed by atoms with E-state index in [1.54, 1.807) is 0 Å². The second-order valence-electron chi connectivity index (χ2n) is 11.1. The van der Waals surface area contributed by atoms with Gasteiger partial charge in [0.1, 0.15) is 5.52 Å². The summed E-state index contributed by atoms with van der Waals surface area (Å²) in [6.45, 7) is 0. The summed E-state index contributed by atoms with van der Waals surface area (Å²) in [5.41, 5.74) is 9.94. The SMILES string of the molecule is c1ccc(-n2c3ccccc3c3cc4c(cc32)c2ccc3c(c5cccnc5c5nccn35)c2n4-c2ccccc2)cc1. The minimum absolute atomic E-state index is 0.874. The number of imidazole rings is 1. The van der Waals surface area contributed by atoms with E-state index in [-0.39, 0.29) is 0 Å². The van der Waals surface area contributed by atoms with Gasteiger partial charge in [-0.25, -0.2) is 4.98 Å². The highest BCUT2D eigenvalue weighted by molar-refractivity contribution is 6.27. The Morgan fingerprint density at radius 2 is 1.12 bits per heavy atom. The summed E-state index contributed by atoms with van der Waals surface area (Å²) in [5, 5.41) is 7.18. The molecule has 0 aliphatic rings. The number of para-hydroxylation sites is 3. The molecule has 0 bridgehead atoms. The topological polar surface area (TPSA) is 40.1 Å². The first-order chi connectivity index (χ1) is 21.4. The summed E-state index contributed by atoms with van der Waals surface area (Å²) in [6.07, 6.45) is 5.76. The highest BCUT2D eigenvalue weighted by atomic mass is 15.0. The fourth-order valence-corrected chi connectivity index (χ4v) is 7.18. The third kappa shape index (κ3) is 2.95. The van der Waals surface area contributed by atoms with Gasteiger partial charge in [-0.05, 0) is 54.6 Å². The van der Waals surface area contributed by atoms with E-state index in [9.17, 15) is 0 Å². The maximum absolute atomic E-state index is 4.81. The second kappa shape index (κ2) is 8.30. The number of fused-ring (bicyclic) bond motifs is 13. The normalized spacial score (nSPS) is 12.2. The Hall–Kier alpha value is -5.94. The predicted octanol–water partition coefficient (Wildman–Crippen LogP) is 9.23. The molecule has 10 aromatic rings. The van der Waals surface area contributed by atoms with Crippen molar-refractivity contribution in [1.29, 1.82) is 0 Å². The van der Waals surface area contributed by atoms with Gasteiger partial charge in [-0.15, -0.1) is 0 Å². The minimum atomic E-state index is 0.874. The summed E-state index contributed by atoms with van der Waals surface area (Å²) in [7, 11) is 0. The van der Waals surface area contributed by atoms with Gasteiger partial charge in [0.15, 0.2) is 5.65 Å². The van der Waals surface area contributed by atoms with Crippen LogP contribution >= 0.6 is 0 Å². The van der Waals surface area contributed by atoms with E-state index in [1.165, 1.54) is 49.0 Å². The molecule has 5 aromatic carbocycles. The first-order valence-electron chi connectivity index (χ1n) is 14.5. The molecule has 0 aliphatic heterocycles. The largest absolute Gasteiger partial charge is 0.309 e. The van der Waals surface area contributed by atoms with Crippen molar-refractivity contribution in [3.63, 3.8) is 0 Å². The van der Waals surface area contributed by atoms with Crippen molar-refractivity contribution in [3.8, 4) is 11.4 Å². The number of hydrogen-bond acceptors (Lipinski definition) is 2. The van der Waals surface area contributed by atoms with Crippen LogP contribution in [-0.2, 0) is 0 Å². The number of nitrogens with zero attached hydrogens (tertiary/aromatic N) is 5.